The highest BCUT2D eigenvalue weighted by atomic mass is 19.4. The predicted molar refractivity (Wildman–Crippen MR) is 61.2 cm³/mol. The number of halogens is 3. The van der Waals surface area contributed by atoms with Crippen molar-refractivity contribution >= 4 is 0 Å². The molecule has 1 heterocycles. The van der Waals surface area contributed by atoms with Gasteiger partial charge in [0.2, 0.25) is 0 Å². The lowest BCUT2D eigenvalue weighted by Crippen LogP contribution is -2.28. The Morgan fingerprint density at radius 1 is 1.28 bits per heavy atom. The summed E-state index contributed by atoms with van der Waals surface area (Å²) >= 11 is 0. The summed E-state index contributed by atoms with van der Waals surface area (Å²) < 4.78 is 38.2. The molecule has 1 aromatic heterocycles. The molecule has 6 heteroatoms. The first-order valence-electron chi connectivity index (χ1n) is 6.37. The zero-order valence-corrected chi connectivity index (χ0v) is 10.6. The summed E-state index contributed by atoms with van der Waals surface area (Å²) in [5.41, 5.74) is 0. The summed E-state index contributed by atoms with van der Waals surface area (Å²) in [4.78, 5) is 4.32. The Hall–Kier alpha value is -1.07. The Kier molecular flexibility index (Phi) is 3.64. The second-order valence-electron chi connectivity index (χ2n) is 5.34. The second-order valence-corrected chi connectivity index (χ2v) is 5.34. The summed E-state index contributed by atoms with van der Waals surface area (Å²) in [5, 5.41) is 6.86. The van der Waals surface area contributed by atoms with Gasteiger partial charge in [-0.3, -0.25) is 5.10 Å². The molecule has 0 radical (unpaired) electrons. The zero-order valence-electron chi connectivity index (χ0n) is 10.6. The number of H-pyrrole nitrogens is 1. The number of nitrogens with one attached hydrogen (secondary N) is 1. The van der Waals surface area contributed by atoms with Crippen molar-refractivity contribution in [2.24, 2.45) is 5.92 Å². The van der Waals surface area contributed by atoms with Crippen LogP contribution in [0.15, 0.2) is 0 Å². The van der Waals surface area contributed by atoms with Crippen LogP contribution in [0.5, 0.6) is 0 Å². The van der Waals surface area contributed by atoms with Crippen molar-refractivity contribution in [1.82, 2.24) is 15.2 Å². The molecule has 0 saturated heterocycles. The third-order valence-electron chi connectivity index (χ3n) is 3.56. The van der Waals surface area contributed by atoms with Gasteiger partial charge in [0, 0.05) is 11.8 Å². The van der Waals surface area contributed by atoms with Crippen molar-refractivity contribution in [3.8, 4) is 0 Å². The van der Waals surface area contributed by atoms with Crippen molar-refractivity contribution in [3.05, 3.63) is 11.6 Å². The minimum atomic E-state index is -4.08. The van der Waals surface area contributed by atoms with Crippen LogP contribution >= 0.6 is 0 Å². The molecule has 2 unspecified atom stereocenters. The Labute approximate surface area is 104 Å². The monoisotopic (exact) mass is 261 g/mol. The van der Waals surface area contributed by atoms with E-state index in [-0.39, 0.29) is 24.7 Å². The van der Waals surface area contributed by atoms with Gasteiger partial charge in [0.15, 0.2) is 5.82 Å². The smallest absolute Gasteiger partial charge is 0.263 e. The second kappa shape index (κ2) is 4.90. The molecule has 0 aromatic carbocycles. The fourth-order valence-corrected chi connectivity index (χ4v) is 2.46. The maximum absolute atomic E-state index is 12.7. The van der Waals surface area contributed by atoms with E-state index in [4.69, 9.17) is 0 Å². The van der Waals surface area contributed by atoms with Crippen LogP contribution in [0.1, 0.15) is 63.0 Å². The van der Waals surface area contributed by atoms with Gasteiger partial charge in [0.25, 0.3) is 0 Å². The molecule has 0 aliphatic heterocycles. The summed E-state index contributed by atoms with van der Waals surface area (Å²) in [5.74, 6) is 0.165. The van der Waals surface area contributed by atoms with Crippen molar-refractivity contribution in [2.75, 3.05) is 0 Å². The van der Waals surface area contributed by atoms with Crippen LogP contribution < -0.4 is 0 Å². The van der Waals surface area contributed by atoms with Gasteiger partial charge in [0.1, 0.15) is 5.82 Å². The number of hydrogen-bond acceptors (Lipinski definition) is 2. The lowest BCUT2D eigenvalue weighted by Gasteiger charge is -2.29. The Bertz CT molecular complexity index is 398. The molecule has 1 aromatic rings. The van der Waals surface area contributed by atoms with Crippen LogP contribution in [-0.2, 0) is 0 Å². The molecule has 18 heavy (non-hydrogen) atoms. The molecule has 3 nitrogen and oxygen atoms in total. The number of rotatable bonds is 2. The normalized spacial score (nSPS) is 25.7. The predicted octanol–water partition coefficient (Wildman–Crippen LogP) is 3.76. The van der Waals surface area contributed by atoms with Crippen molar-refractivity contribution in [3.63, 3.8) is 0 Å². The maximum Gasteiger partial charge on any atom is 0.391 e. The van der Waals surface area contributed by atoms with E-state index in [1.165, 1.54) is 0 Å². The van der Waals surface area contributed by atoms with E-state index in [0.717, 1.165) is 6.42 Å². The average Bonchev–Trinajstić information content (AvgIpc) is 2.77. The van der Waals surface area contributed by atoms with E-state index < -0.39 is 12.1 Å². The van der Waals surface area contributed by atoms with E-state index in [2.05, 4.69) is 15.2 Å². The molecule has 1 N–H and O–H groups in total. The molecule has 0 amide bonds. The highest BCUT2D eigenvalue weighted by Gasteiger charge is 2.43. The minimum Gasteiger partial charge on any atom is -0.263 e. The fourth-order valence-electron chi connectivity index (χ4n) is 2.46. The SMILES string of the molecule is CC(C)c1n[nH]c(C2CCCC(C(F)(F)F)C2)n1. The Morgan fingerprint density at radius 3 is 2.56 bits per heavy atom. The summed E-state index contributed by atoms with van der Waals surface area (Å²) in [7, 11) is 0. The number of alkyl halides is 3. The summed E-state index contributed by atoms with van der Waals surface area (Å²) in [6, 6.07) is 0. The number of aromatic nitrogens is 3. The number of nitrogens with zero attached hydrogens (tertiary/aromatic N) is 2. The van der Waals surface area contributed by atoms with Crippen LogP contribution in [0.4, 0.5) is 13.2 Å². The summed E-state index contributed by atoms with van der Waals surface area (Å²) in [6.07, 6.45) is -2.34. The van der Waals surface area contributed by atoms with E-state index in [1.807, 2.05) is 13.8 Å². The van der Waals surface area contributed by atoms with Gasteiger partial charge in [-0.1, -0.05) is 20.3 Å². The van der Waals surface area contributed by atoms with Crippen LogP contribution in [0.25, 0.3) is 0 Å². The largest absolute Gasteiger partial charge is 0.391 e. The zero-order chi connectivity index (χ0) is 13.3. The molecule has 102 valence electrons. The Balaban J connectivity index is 2.08. The highest BCUT2D eigenvalue weighted by Crippen LogP contribution is 2.42. The third kappa shape index (κ3) is 2.84. The van der Waals surface area contributed by atoms with Crippen molar-refractivity contribution in [2.45, 2.75) is 57.5 Å². The van der Waals surface area contributed by atoms with Gasteiger partial charge in [-0.15, -0.1) is 0 Å². The molecule has 0 spiro atoms. The molecule has 1 aliphatic rings. The Morgan fingerprint density at radius 2 is 2.00 bits per heavy atom. The van der Waals surface area contributed by atoms with Gasteiger partial charge in [-0.05, 0) is 19.3 Å². The minimum absolute atomic E-state index is 0.134. The van der Waals surface area contributed by atoms with Crippen LogP contribution in [0.3, 0.4) is 0 Å². The van der Waals surface area contributed by atoms with E-state index in [0.29, 0.717) is 18.1 Å². The fraction of sp³-hybridized carbons (Fsp3) is 0.833. The van der Waals surface area contributed by atoms with Crippen molar-refractivity contribution < 1.29 is 13.2 Å². The molecule has 1 fully saturated rings. The average molecular weight is 261 g/mol. The lowest BCUT2D eigenvalue weighted by molar-refractivity contribution is -0.183. The van der Waals surface area contributed by atoms with Crippen LogP contribution in [-0.4, -0.2) is 21.4 Å². The molecule has 1 saturated carbocycles. The lowest BCUT2D eigenvalue weighted by atomic mass is 9.80. The van der Waals surface area contributed by atoms with Crippen LogP contribution in [0.2, 0.25) is 0 Å². The molecular weight excluding hydrogens is 243 g/mol. The molecule has 1 aliphatic carbocycles. The van der Waals surface area contributed by atoms with E-state index >= 15 is 0 Å². The first-order valence-corrected chi connectivity index (χ1v) is 6.37. The summed E-state index contributed by atoms with van der Waals surface area (Å²) in [6.45, 7) is 3.93. The first kappa shape index (κ1) is 13.4. The first-order chi connectivity index (χ1) is 8.38. The third-order valence-corrected chi connectivity index (χ3v) is 3.56. The molecule has 2 rings (SSSR count). The highest BCUT2D eigenvalue weighted by molar-refractivity contribution is 5.02. The molecule has 2 atom stereocenters. The standard InChI is InChI=1S/C12H18F3N3/c1-7(2)10-16-11(18-17-10)8-4-3-5-9(6-8)12(13,14)15/h7-9H,3-6H2,1-2H3,(H,16,17,18). The molecular formula is C12H18F3N3. The number of hydrogen-bond donors (Lipinski definition) is 1. The van der Waals surface area contributed by atoms with E-state index in [1.54, 1.807) is 0 Å². The van der Waals surface area contributed by atoms with Gasteiger partial charge < -0.3 is 0 Å². The quantitative estimate of drug-likeness (QED) is 0.880. The number of aromatic amines is 1. The van der Waals surface area contributed by atoms with Gasteiger partial charge in [0.05, 0.1) is 5.92 Å². The van der Waals surface area contributed by atoms with Gasteiger partial charge in [-0.25, -0.2) is 4.98 Å². The van der Waals surface area contributed by atoms with Crippen molar-refractivity contribution in [1.29, 1.82) is 0 Å². The van der Waals surface area contributed by atoms with Gasteiger partial charge in [-0.2, -0.15) is 18.3 Å². The topological polar surface area (TPSA) is 41.6 Å². The van der Waals surface area contributed by atoms with E-state index in [9.17, 15) is 13.2 Å². The van der Waals surface area contributed by atoms with Crippen LogP contribution in [0, 0.1) is 5.92 Å². The maximum atomic E-state index is 12.7. The molecule has 0 bridgehead atoms. The van der Waals surface area contributed by atoms with Gasteiger partial charge >= 0.3 is 6.18 Å².